The van der Waals surface area contributed by atoms with E-state index in [-0.39, 0.29) is 24.6 Å². The first kappa shape index (κ1) is 34.0. The van der Waals surface area contributed by atoms with Gasteiger partial charge in [0, 0.05) is 28.4 Å². The van der Waals surface area contributed by atoms with Crippen LogP contribution in [0.4, 0.5) is 13.6 Å². The van der Waals surface area contributed by atoms with Crippen molar-refractivity contribution in [3.63, 3.8) is 0 Å². The summed E-state index contributed by atoms with van der Waals surface area (Å²) in [6.07, 6.45) is 4.92. The molecule has 1 fully saturated rings. The molecule has 1 unspecified atom stereocenters. The summed E-state index contributed by atoms with van der Waals surface area (Å²) in [5, 5.41) is 10.9. The van der Waals surface area contributed by atoms with Gasteiger partial charge in [-0.1, -0.05) is 26.0 Å². The lowest BCUT2D eigenvalue weighted by molar-refractivity contribution is -0.0140. The van der Waals surface area contributed by atoms with Crippen LogP contribution in [-0.2, 0) is 17.7 Å². The molecule has 2 aromatic carbocycles. The Morgan fingerprint density at radius 2 is 1.82 bits per heavy atom. The second-order valence-corrected chi connectivity index (χ2v) is 15.0. The number of primary amides is 1. The van der Waals surface area contributed by atoms with Crippen molar-refractivity contribution in [2.75, 3.05) is 6.54 Å². The molecule has 49 heavy (non-hydrogen) atoms. The number of pyridine rings is 1. The molecule has 6 rings (SSSR count). The van der Waals surface area contributed by atoms with Crippen LogP contribution in [0.25, 0.3) is 33.1 Å². The highest BCUT2D eigenvalue weighted by molar-refractivity contribution is 6.09. The standard InChI is InChI=1S/C37H43F2N7O3/c1-21(2)14-29-32(33(40)47)31(23-9-11-30-24(16-23)18-41-45(30)20-22-8-10-27(38)28(39)15-22)26-19-42-46(34(26)43-29)25-12-13-44(37(6,7)17-25)35(48)49-36(3,4)5/h8-11,15-16,18-19,21,25H,12-14,17,20H2,1-7H3,(H2,40,47). The Bertz CT molecular complexity index is 2080. The van der Waals surface area contributed by atoms with Crippen LogP contribution in [0.1, 0.15) is 89.0 Å². The number of piperidine rings is 1. The van der Waals surface area contributed by atoms with Gasteiger partial charge in [0.05, 0.1) is 41.8 Å². The summed E-state index contributed by atoms with van der Waals surface area (Å²) in [6.45, 7) is 14.5. The van der Waals surface area contributed by atoms with Crippen LogP contribution < -0.4 is 5.73 Å². The third-order valence-electron chi connectivity index (χ3n) is 9.02. The van der Waals surface area contributed by atoms with Crippen LogP contribution in [0.15, 0.2) is 48.8 Å². The first-order chi connectivity index (χ1) is 23.0. The number of carbonyl (C=O) groups is 2. The summed E-state index contributed by atoms with van der Waals surface area (Å²) in [7, 11) is 0. The molecule has 0 saturated carbocycles. The third kappa shape index (κ3) is 6.73. The van der Waals surface area contributed by atoms with Crippen molar-refractivity contribution in [1.82, 2.24) is 29.4 Å². The number of nitrogens with two attached hydrogens (primary N) is 1. The molecule has 1 aliphatic rings. The summed E-state index contributed by atoms with van der Waals surface area (Å²) in [5.74, 6) is -2.19. The average Bonchev–Trinajstić information content (AvgIpc) is 3.60. The maximum Gasteiger partial charge on any atom is 0.410 e. The Morgan fingerprint density at radius 3 is 2.47 bits per heavy atom. The lowest BCUT2D eigenvalue weighted by atomic mass is 9.87. The van der Waals surface area contributed by atoms with Gasteiger partial charge in [-0.05, 0) is 95.2 Å². The van der Waals surface area contributed by atoms with Gasteiger partial charge >= 0.3 is 6.09 Å². The van der Waals surface area contributed by atoms with Crippen molar-refractivity contribution in [2.24, 2.45) is 11.7 Å². The van der Waals surface area contributed by atoms with Gasteiger partial charge in [0.2, 0.25) is 0 Å². The molecular formula is C37H43F2N7O3. The quantitative estimate of drug-likeness (QED) is 0.192. The van der Waals surface area contributed by atoms with Crippen molar-refractivity contribution in [3.8, 4) is 11.1 Å². The molecule has 0 spiro atoms. The SMILES string of the molecule is CC(C)Cc1nc2c(cnn2C2CCN(C(=O)OC(C)(C)C)C(C)(C)C2)c(-c2ccc3c(cnn3Cc3ccc(F)c(F)c3)c2)c1C(N)=O. The Labute approximate surface area is 284 Å². The smallest absolute Gasteiger partial charge is 0.410 e. The summed E-state index contributed by atoms with van der Waals surface area (Å²) in [5.41, 5.74) is 9.36. The Morgan fingerprint density at radius 1 is 1.06 bits per heavy atom. The highest BCUT2D eigenvalue weighted by Gasteiger charge is 2.41. The molecule has 4 heterocycles. The second-order valence-electron chi connectivity index (χ2n) is 15.0. The average molecular weight is 672 g/mol. The number of likely N-dealkylation sites (tertiary alicyclic amines) is 1. The molecule has 0 aliphatic carbocycles. The van der Waals surface area contributed by atoms with Crippen LogP contribution in [0.3, 0.4) is 0 Å². The topological polar surface area (TPSA) is 121 Å². The predicted molar refractivity (Wildman–Crippen MR) is 184 cm³/mol. The number of hydrogen-bond acceptors (Lipinski definition) is 6. The largest absolute Gasteiger partial charge is 0.444 e. The summed E-state index contributed by atoms with van der Waals surface area (Å²) in [4.78, 5) is 33.1. The number of halogens is 2. The van der Waals surface area contributed by atoms with E-state index in [9.17, 15) is 18.4 Å². The van der Waals surface area contributed by atoms with Gasteiger partial charge in [-0.25, -0.2) is 23.2 Å². The van der Waals surface area contributed by atoms with Crippen molar-refractivity contribution >= 4 is 33.9 Å². The Balaban J connectivity index is 1.42. The zero-order chi connectivity index (χ0) is 35.4. The van der Waals surface area contributed by atoms with Gasteiger partial charge in [-0.15, -0.1) is 0 Å². The maximum absolute atomic E-state index is 13.9. The number of carbonyl (C=O) groups excluding carboxylic acids is 2. The summed E-state index contributed by atoms with van der Waals surface area (Å²) < 4.78 is 36.8. The van der Waals surface area contributed by atoms with Crippen LogP contribution in [0.2, 0.25) is 0 Å². The number of ether oxygens (including phenoxy) is 1. The van der Waals surface area contributed by atoms with Gasteiger partial charge < -0.3 is 15.4 Å². The fourth-order valence-corrected chi connectivity index (χ4v) is 6.89. The molecule has 12 heteroatoms. The molecule has 1 saturated heterocycles. The summed E-state index contributed by atoms with van der Waals surface area (Å²) in [6, 6.07) is 9.50. The number of fused-ring (bicyclic) bond motifs is 2. The fourth-order valence-electron chi connectivity index (χ4n) is 6.89. The van der Waals surface area contributed by atoms with Gasteiger partial charge in [0.1, 0.15) is 5.60 Å². The first-order valence-electron chi connectivity index (χ1n) is 16.6. The van der Waals surface area contributed by atoms with E-state index in [1.807, 2.05) is 57.5 Å². The van der Waals surface area contributed by atoms with E-state index in [4.69, 9.17) is 20.6 Å². The molecule has 2 amide bonds. The van der Waals surface area contributed by atoms with E-state index in [0.29, 0.717) is 59.2 Å². The molecule has 0 bridgehead atoms. The van der Waals surface area contributed by atoms with Crippen LogP contribution in [0, 0.1) is 17.6 Å². The lowest BCUT2D eigenvalue weighted by Gasteiger charge is -2.45. The number of nitrogens with zero attached hydrogens (tertiary/aromatic N) is 6. The van der Waals surface area contributed by atoms with Crippen molar-refractivity contribution < 1.29 is 23.1 Å². The van der Waals surface area contributed by atoms with E-state index in [1.165, 1.54) is 12.1 Å². The number of rotatable bonds is 7. The number of amides is 2. The Hall–Kier alpha value is -4.87. The first-order valence-corrected chi connectivity index (χ1v) is 16.6. The van der Waals surface area contributed by atoms with Gasteiger partial charge in [-0.2, -0.15) is 10.2 Å². The predicted octanol–water partition coefficient (Wildman–Crippen LogP) is 7.42. The molecule has 1 aliphatic heterocycles. The second kappa shape index (κ2) is 12.5. The van der Waals surface area contributed by atoms with Crippen LogP contribution in [-0.4, -0.2) is 59.1 Å². The number of aromatic nitrogens is 5. The van der Waals surface area contributed by atoms with Crippen LogP contribution in [0.5, 0.6) is 0 Å². The zero-order valence-electron chi connectivity index (χ0n) is 29.1. The highest BCUT2D eigenvalue weighted by Crippen LogP contribution is 2.40. The van der Waals surface area contributed by atoms with Crippen molar-refractivity contribution in [3.05, 3.63) is 77.2 Å². The molecule has 3 aromatic heterocycles. The molecule has 0 radical (unpaired) electrons. The van der Waals surface area contributed by atoms with E-state index < -0.39 is 28.7 Å². The van der Waals surface area contributed by atoms with Crippen molar-refractivity contribution in [1.29, 1.82) is 0 Å². The molecule has 5 aromatic rings. The summed E-state index contributed by atoms with van der Waals surface area (Å²) >= 11 is 0. The molecule has 2 N–H and O–H groups in total. The normalized spacial score (nSPS) is 16.5. The fraction of sp³-hybridized carbons (Fsp3) is 0.432. The minimum Gasteiger partial charge on any atom is -0.444 e. The number of benzene rings is 2. The Kier molecular flexibility index (Phi) is 8.70. The lowest BCUT2D eigenvalue weighted by Crippen LogP contribution is -2.54. The van der Waals surface area contributed by atoms with E-state index >= 15 is 0 Å². The molecular weight excluding hydrogens is 628 g/mol. The monoisotopic (exact) mass is 671 g/mol. The van der Waals surface area contributed by atoms with E-state index in [0.717, 1.165) is 22.5 Å². The number of hydrogen-bond donors (Lipinski definition) is 1. The minimum absolute atomic E-state index is 0.0603. The van der Waals surface area contributed by atoms with Gasteiger partial charge in [0.15, 0.2) is 17.3 Å². The minimum atomic E-state index is -0.910. The third-order valence-corrected chi connectivity index (χ3v) is 9.02. The van der Waals surface area contributed by atoms with Crippen molar-refractivity contribution in [2.45, 2.75) is 91.5 Å². The maximum atomic E-state index is 13.9. The molecule has 10 nitrogen and oxygen atoms in total. The van der Waals surface area contributed by atoms with Gasteiger partial charge in [-0.3, -0.25) is 9.48 Å². The molecule has 1 atom stereocenters. The van der Waals surface area contributed by atoms with E-state index in [2.05, 4.69) is 18.9 Å². The zero-order valence-corrected chi connectivity index (χ0v) is 29.1. The molecule has 258 valence electrons. The van der Waals surface area contributed by atoms with E-state index in [1.54, 1.807) is 22.0 Å². The highest BCUT2D eigenvalue weighted by atomic mass is 19.2. The van der Waals surface area contributed by atoms with Crippen LogP contribution >= 0.6 is 0 Å². The van der Waals surface area contributed by atoms with Gasteiger partial charge in [0.25, 0.3) is 5.91 Å².